The van der Waals surface area contributed by atoms with Crippen molar-refractivity contribution >= 4 is 52.2 Å². The first-order valence-electron chi connectivity index (χ1n) is 12.8. The van der Waals surface area contributed by atoms with Crippen LogP contribution >= 0.6 is 0 Å². The van der Waals surface area contributed by atoms with E-state index in [0.717, 1.165) is 33.7 Å². The minimum atomic E-state index is -0.118. The van der Waals surface area contributed by atoms with Crippen LogP contribution in [0.5, 0.6) is 11.6 Å². The summed E-state index contributed by atoms with van der Waals surface area (Å²) in [6, 6.07) is 42.1. The van der Waals surface area contributed by atoms with Crippen molar-refractivity contribution < 1.29 is 25.8 Å². The van der Waals surface area contributed by atoms with Crippen molar-refractivity contribution in [3.63, 3.8) is 0 Å². The maximum absolute atomic E-state index is 6.14. The fraction of sp³-hybridized carbons (Fsp3) is 0.0312. The quantitative estimate of drug-likeness (QED) is 0.195. The summed E-state index contributed by atoms with van der Waals surface area (Å²) in [5.74, 6) is 1.14. The Balaban J connectivity index is 0.00000289. The number of pyridine rings is 1. The summed E-state index contributed by atoms with van der Waals surface area (Å²) < 4.78 is 6.14. The number of hydrazone groups is 1. The number of aromatic nitrogens is 1. The molecular formula is C32H23BN5OPt-3. The second kappa shape index (κ2) is 11.0. The smallest absolute Gasteiger partial charge is 0.216 e. The molecule has 0 bridgehead atoms. The molecule has 0 saturated heterocycles. The van der Waals surface area contributed by atoms with Gasteiger partial charge in [-0.25, -0.2) is 4.98 Å². The Morgan fingerprint density at radius 1 is 0.800 bits per heavy atom. The fourth-order valence-electron chi connectivity index (χ4n) is 5.15. The maximum atomic E-state index is 6.14. The van der Waals surface area contributed by atoms with Gasteiger partial charge >= 0.3 is 0 Å². The third-order valence-electron chi connectivity index (χ3n) is 6.82. The van der Waals surface area contributed by atoms with Crippen LogP contribution in [0.25, 0.3) is 0 Å². The van der Waals surface area contributed by atoms with E-state index in [-0.39, 0.29) is 27.8 Å². The molecule has 198 valence electrons. The molecule has 0 N–H and O–H groups in total. The van der Waals surface area contributed by atoms with E-state index < -0.39 is 0 Å². The molecule has 3 heterocycles. The zero-order chi connectivity index (χ0) is 26.2. The molecule has 5 aromatic rings. The van der Waals surface area contributed by atoms with Crippen molar-refractivity contribution in [2.45, 2.75) is 0 Å². The Morgan fingerprint density at radius 3 is 2.42 bits per heavy atom. The average molecular weight is 699 g/mol. The topological polar surface area (TPSA) is 44.2 Å². The van der Waals surface area contributed by atoms with Crippen LogP contribution in [-0.4, -0.2) is 30.0 Å². The number of para-hydroxylation sites is 2. The van der Waals surface area contributed by atoms with Gasteiger partial charge in [-0.15, -0.1) is 30.9 Å². The monoisotopic (exact) mass is 699 g/mol. The van der Waals surface area contributed by atoms with Crippen molar-refractivity contribution in [3.8, 4) is 11.6 Å². The predicted molar refractivity (Wildman–Crippen MR) is 157 cm³/mol. The minimum Gasteiger partial charge on any atom is -0.493 e. The van der Waals surface area contributed by atoms with Crippen molar-refractivity contribution in [2.75, 3.05) is 17.0 Å². The Bertz CT molecular complexity index is 1670. The first-order valence-corrected chi connectivity index (χ1v) is 12.8. The van der Waals surface area contributed by atoms with Gasteiger partial charge in [0.1, 0.15) is 0 Å². The maximum Gasteiger partial charge on any atom is 0.216 e. The zero-order valence-corrected chi connectivity index (χ0v) is 23.9. The number of hydrogen-bond acceptors (Lipinski definition) is 6. The largest absolute Gasteiger partial charge is 0.493 e. The second-order valence-electron chi connectivity index (χ2n) is 9.40. The van der Waals surface area contributed by atoms with Crippen LogP contribution in [0.4, 0.5) is 22.7 Å². The Labute approximate surface area is 248 Å². The van der Waals surface area contributed by atoms with Gasteiger partial charge in [-0.2, -0.15) is 34.2 Å². The molecule has 4 aromatic carbocycles. The van der Waals surface area contributed by atoms with E-state index in [9.17, 15) is 0 Å². The van der Waals surface area contributed by atoms with E-state index in [0.29, 0.717) is 11.6 Å². The van der Waals surface area contributed by atoms with E-state index in [1.165, 1.54) is 5.46 Å². The number of rotatable bonds is 5. The van der Waals surface area contributed by atoms with Gasteiger partial charge in [0, 0.05) is 50.5 Å². The third kappa shape index (κ3) is 4.78. The Morgan fingerprint density at radius 2 is 1.62 bits per heavy atom. The van der Waals surface area contributed by atoms with E-state index in [4.69, 9.17) is 4.74 Å². The molecule has 1 aromatic heterocycles. The molecule has 0 unspecified atom stereocenters. The van der Waals surface area contributed by atoms with Crippen LogP contribution < -0.4 is 31.0 Å². The molecule has 40 heavy (non-hydrogen) atoms. The number of ether oxygens (including phenoxy) is 1. The summed E-state index contributed by atoms with van der Waals surface area (Å²) in [6.45, 7) is 1.81. The van der Waals surface area contributed by atoms with Crippen LogP contribution in [0.1, 0.15) is 0 Å². The number of hydrogen-bond donors (Lipinski definition) is 0. The van der Waals surface area contributed by atoms with Crippen LogP contribution in [0.15, 0.2) is 114 Å². The van der Waals surface area contributed by atoms with Gasteiger partial charge < -0.3 is 19.5 Å². The molecule has 0 atom stereocenters. The molecule has 0 fully saturated rings. The van der Waals surface area contributed by atoms with Crippen LogP contribution in [0.3, 0.4) is 0 Å². The first kappa shape index (κ1) is 25.9. The molecule has 6 nitrogen and oxygen atoms in total. The van der Waals surface area contributed by atoms with Gasteiger partial charge in [-0.3, -0.25) is 0 Å². The Kier molecular flexibility index (Phi) is 7.14. The molecule has 0 spiro atoms. The van der Waals surface area contributed by atoms with Gasteiger partial charge in [0.15, 0.2) is 6.71 Å². The summed E-state index contributed by atoms with van der Waals surface area (Å²) in [4.78, 5) is 8.54. The average Bonchev–Trinajstić information content (AvgIpc) is 3.43. The van der Waals surface area contributed by atoms with Crippen molar-refractivity contribution in [2.24, 2.45) is 5.10 Å². The van der Waals surface area contributed by atoms with E-state index in [1.54, 1.807) is 12.5 Å². The third-order valence-corrected chi connectivity index (χ3v) is 6.82. The Hall–Kier alpha value is -4.35. The van der Waals surface area contributed by atoms with Gasteiger partial charge in [0.25, 0.3) is 0 Å². The summed E-state index contributed by atoms with van der Waals surface area (Å²) in [5.41, 5.74) is 7.32. The van der Waals surface area contributed by atoms with Crippen LogP contribution in [0, 0.1) is 18.8 Å². The number of anilines is 4. The number of benzene rings is 4. The van der Waals surface area contributed by atoms with Gasteiger partial charge in [-0.1, -0.05) is 59.3 Å². The standard InChI is InChI=1S/C32H23BN5O.Pt/c1-36-22-35-37(23-36)26-13-9-10-24(20-26)33-28-14-5-6-15-30(28)38(25-11-3-2-4-12-25)31-18-17-27(21-29(31)33)39-32-16-7-8-19-34-32;/h2-19,22-23H,1H3;/q-3;. The van der Waals surface area contributed by atoms with Gasteiger partial charge in [0.05, 0.1) is 6.34 Å². The van der Waals surface area contributed by atoms with Crippen LogP contribution in [0.2, 0.25) is 0 Å². The molecular weight excluding hydrogens is 676 g/mol. The summed E-state index contributed by atoms with van der Waals surface area (Å²) in [6.07, 6.45) is 3.50. The molecule has 0 aliphatic carbocycles. The number of fused-ring (bicyclic) bond motifs is 2. The van der Waals surface area contributed by atoms with Crippen molar-refractivity contribution in [3.05, 3.63) is 128 Å². The molecule has 2 aliphatic rings. The summed E-state index contributed by atoms with van der Waals surface area (Å²) >= 11 is 0. The van der Waals surface area contributed by atoms with Crippen molar-refractivity contribution in [1.29, 1.82) is 0 Å². The van der Waals surface area contributed by atoms with Crippen molar-refractivity contribution in [1.82, 2.24) is 9.88 Å². The molecule has 7 rings (SSSR count). The summed E-state index contributed by atoms with van der Waals surface area (Å²) in [5, 5.41) is 6.31. The minimum absolute atomic E-state index is 0. The van der Waals surface area contributed by atoms with Gasteiger partial charge in [-0.05, 0) is 31.3 Å². The van der Waals surface area contributed by atoms with Crippen LogP contribution in [-0.2, 0) is 21.1 Å². The molecule has 2 aliphatic heterocycles. The molecule has 0 saturated carbocycles. The van der Waals surface area contributed by atoms with E-state index in [2.05, 4.69) is 93.8 Å². The second-order valence-corrected chi connectivity index (χ2v) is 9.40. The zero-order valence-electron chi connectivity index (χ0n) is 21.6. The summed E-state index contributed by atoms with van der Waals surface area (Å²) in [7, 11) is 1.96. The normalized spacial score (nSPS) is 13.5. The van der Waals surface area contributed by atoms with E-state index in [1.807, 2.05) is 60.0 Å². The predicted octanol–water partition coefficient (Wildman–Crippen LogP) is 4.59. The molecule has 0 radical (unpaired) electrons. The molecule has 8 heteroatoms. The van der Waals surface area contributed by atoms with E-state index >= 15 is 0 Å². The van der Waals surface area contributed by atoms with Gasteiger partial charge in [0.2, 0.25) is 5.88 Å². The molecule has 0 amide bonds. The SMILES string of the molecule is CN1C=NN(c2[c-]c(B3c4[c-]c(Oc5ccccn5)ccc4N(c4ccccc4)c4ccccc43)ccc2)[CH-]1.[Pt]. The number of nitrogens with zero attached hydrogens (tertiary/aromatic N) is 5. The first-order chi connectivity index (χ1) is 19.2. The fourth-order valence-corrected chi connectivity index (χ4v) is 5.15.